The molecule has 1 aromatic rings. The van der Waals surface area contributed by atoms with E-state index in [1.165, 1.54) is 4.88 Å². The normalized spacial score (nSPS) is 28.0. The van der Waals surface area contributed by atoms with Gasteiger partial charge < -0.3 is 5.11 Å². The SMILES string of the molecule is O=C(O)C1CC(c2cncs2)C1. The lowest BCUT2D eigenvalue weighted by Crippen LogP contribution is -2.28. The first-order chi connectivity index (χ1) is 5.77. The summed E-state index contributed by atoms with van der Waals surface area (Å²) in [5, 5.41) is 8.64. The molecule has 0 spiro atoms. The van der Waals surface area contributed by atoms with Gasteiger partial charge in [-0.05, 0) is 18.8 Å². The van der Waals surface area contributed by atoms with Crippen LogP contribution in [-0.4, -0.2) is 16.1 Å². The van der Waals surface area contributed by atoms with Crippen molar-refractivity contribution in [1.82, 2.24) is 4.98 Å². The maximum Gasteiger partial charge on any atom is 0.306 e. The number of nitrogens with zero attached hydrogens (tertiary/aromatic N) is 1. The van der Waals surface area contributed by atoms with Gasteiger partial charge in [-0.1, -0.05) is 0 Å². The van der Waals surface area contributed by atoms with E-state index in [9.17, 15) is 4.79 Å². The van der Waals surface area contributed by atoms with Crippen LogP contribution in [0.25, 0.3) is 0 Å². The van der Waals surface area contributed by atoms with Crippen molar-refractivity contribution in [2.45, 2.75) is 18.8 Å². The van der Waals surface area contributed by atoms with Gasteiger partial charge in [0.25, 0.3) is 0 Å². The van der Waals surface area contributed by atoms with Crippen molar-refractivity contribution in [3.8, 4) is 0 Å². The highest BCUT2D eigenvalue weighted by Crippen LogP contribution is 2.42. The Morgan fingerprint density at radius 3 is 2.92 bits per heavy atom. The fourth-order valence-corrected chi connectivity index (χ4v) is 2.23. The van der Waals surface area contributed by atoms with E-state index in [-0.39, 0.29) is 5.92 Å². The largest absolute Gasteiger partial charge is 0.481 e. The molecule has 64 valence electrons. The minimum Gasteiger partial charge on any atom is -0.481 e. The Bertz CT molecular complexity index is 277. The third-order valence-corrected chi connectivity index (χ3v) is 3.28. The Morgan fingerprint density at radius 2 is 2.42 bits per heavy atom. The summed E-state index contributed by atoms with van der Waals surface area (Å²) in [4.78, 5) is 15.7. The maximum atomic E-state index is 10.5. The Balaban J connectivity index is 1.94. The first kappa shape index (κ1) is 7.73. The first-order valence-corrected chi connectivity index (χ1v) is 4.76. The van der Waals surface area contributed by atoms with Gasteiger partial charge >= 0.3 is 5.97 Å². The van der Waals surface area contributed by atoms with Crippen molar-refractivity contribution < 1.29 is 9.90 Å². The standard InChI is InChI=1S/C8H9NO2S/c10-8(11)6-1-5(2-6)7-3-9-4-12-7/h3-6H,1-2H2,(H,10,11). The van der Waals surface area contributed by atoms with Crippen molar-refractivity contribution in [3.05, 3.63) is 16.6 Å². The number of hydrogen-bond donors (Lipinski definition) is 1. The molecule has 1 N–H and O–H groups in total. The highest BCUT2D eigenvalue weighted by Gasteiger charge is 2.35. The molecule has 0 amide bonds. The van der Waals surface area contributed by atoms with Gasteiger partial charge in [-0.15, -0.1) is 11.3 Å². The van der Waals surface area contributed by atoms with Crippen LogP contribution in [-0.2, 0) is 4.79 Å². The lowest BCUT2D eigenvalue weighted by Gasteiger charge is -2.30. The van der Waals surface area contributed by atoms with Crippen LogP contribution in [0, 0.1) is 5.92 Å². The second-order valence-electron chi connectivity index (χ2n) is 3.11. The summed E-state index contributed by atoms with van der Waals surface area (Å²) < 4.78 is 0. The van der Waals surface area contributed by atoms with Crippen molar-refractivity contribution in [2.24, 2.45) is 5.92 Å². The average Bonchev–Trinajstić information content (AvgIpc) is 2.34. The van der Waals surface area contributed by atoms with Gasteiger partial charge in [-0.2, -0.15) is 0 Å². The third-order valence-electron chi connectivity index (χ3n) is 2.34. The molecule has 1 saturated carbocycles. The molecule has 0 aliphatic heterocycles. The zero-order valence-electron chi connectivity index (χ0n) is 6.43. The number of carbonyl (C=O) groups is 1. The van der Waals surface area contributed by atoms with Crippen LogP contribution in [0.5, 0.6) is 0 Å². The molecule has 4 heteroatoms. The molecule has 1 heterocycles. The first-order valence-electron chi connectivity index (χ1n) is 3.88. The minimum atomic E-state index is -0.657. The van der Waals surface area contributed by atoms with Crippen LogP contribution >= 0.6 is 11.3 Å². The fourth-order valence-electron chi connectivity index (χ4n) is 1.48. The van der Waals surface area contributed by atoms with Crippen LogP contribution in [0.1, 0.15) is 23.6 Å². The third kappa shape index (κ3) is 1.22. The van der Waals surface area contributed by atoms with E-state index in [0.717, 1.165) is 12.8 Å². The molecule has 3 nitrogen and oxygen atoms in total. The summed E-state index contributed by atoms with van der Waals surface area (Å²) >= 11 is 1.62. The molecule has 12 heavy (non-hydrogen) atoms. The molecular formula is C8H9NO2S. The second kappa shape index (κ2) is 2.86. The molecule has 1 aromatic heterocycles. The molecule has 0 saturated heterocycles. The van der Waals surface area contributed by atoms with Crippen molar-refractivity contribution in [2.75, 3.05) is 0 Å². The highest BCUT2D eigenvalue weighted by molar-refractivity contribution is 7.09. The Kier molecular flexibility index (Phi) is 1.84. The van der Waals surface area contributed by atoms with Gasteiger partial charge in [0, 0.05) is 11.1 Å². The summed E-state index contributed by atoms with van der Waals surface area (Å²) in [5.74, 6) is -0.313. The van der Waals surface area contributed by atoms with Crippen LogP contribution in [0.4, 0.5) is 0 Å². The van der Waals surface area contributed by atoms with E-state index in [4.69, 9.17) is 5.11 Å². The van der Waals surface area contributed by atoms with Gasteiger partial charge in [0.15, 0.2) is 0 Å². The molecule has 2 rings (SSSR count). The lowest BCUT2D eigenvalue weighted by molar-refractivity contribution is -0.145. The average molecular weight is 183 g/mol. The summed E-state index contributed by atoms with van der Waals surface area (Å²) in [6, 6.07) is 0. The summed E-state index contributed by atoms with van der Waals surface area (Å²) in [7, 11) is 0. The second-order valence-corrected chi connectivity index (χ2v) is 4.03. The van der Waals surface area contributed by atoms with Crippen LogP contribution in [0.2, 0.25) is 0 Å². The lowest BCUT2D eigenvalue weighted by atomic mass is 9.74. The topological polar surface area (TPSA) is 50.2 Å². The number of thiazole rings is 1. The van der Waals surface area contributed by atoms with Crippen molar-refractivity contribution in [1.29, 1.82) is 0 Å². The molecule has 0 atom stereocenters. The smallest absolute Gasteiger partial charge is 0.306 e. The van der Waals surface area contributed by atoms with E-state index in [0.29, 0.717) is 5.92 Å². The molecule has 0 aromatic carbocycles. The Hall–Kier alpha value is -0.900. The Morgan fingerprint density at radius 1 is 1.67 bits per heavy atom. The Labute approximate surface area is 74.1 Å². The molecule has 1 aliphatic carbocycles. The number of aromatic nitrogens is 1. The minimum absolute atomic E-state index is 0.114. The van der Waals surface area contributed by atoms with E-state index < -0.39 is 5.97 Å². The zero-order chi connectivity index (χ0) is 8.55. The van der Waals surface area contributed by atoms with Crippen LogP contribution in [0.3, 0.4) is 0 Å². The highest BCUT2D eigenvalue weighted by atomic mass is 32.1. The molecular weight excluding hydrogens is 174 g/mol. The van der Waals surface area contributed by atoms with Gasteiger partial charge in [0.05, 0.1) is 11.4 Å². The van der Waals surface area contributed by atoms with Crippen LogP contribution in [0.15, 0.2) is 11.7 Å². The number of carboxylic acid groups (broad SMARTS) is 1. The summed E-state index contributed by atoms with van der Waals surface area (Å²) in [5.41, 5.74) is 1.80. The number of carboxylic acids is 1. The number of rotatable bonds is 2. The molecule has 0 bridgehead atoms. The number of hydrogen-bond acceptors (Lipinski definition) is 3. The van der Waals surface area contributed by atoms with E-state index >= 15 is 0 Å². The van der Waals surface area contributed by atoms with Gasteiger partial charge in [-0.25, -0.2) is 0 Å². The molecule has 1 aliphatic rings. The molecule has 0 unspecified atom stereocenters. The van der Waals surface area contributed by atoms with Gasteiger partial charge in [0.1, 0.15) is 0 Å². The van der Waals surface area contributed by atoms with Crippen molar-refractivity contribution in [3.63, 3.8) is 0 Å². The molecule has 0 radical (unpaired) electrons. The van der Waals surface area contributed by atoms with Gasteiger partial charge in [0.2, 0.25) is 0 Å². The van der Waals surface area contributed by atoms with Crippen LogP contribution < -0.4 is 0 Å². The van der Waals surface area contributed by atoms with Crippen molar-refractivity contribution >= 4 is 17.3 Å². The number of aliphatic carboxylic acids is 1. The fraction of sp³-hybridized carbons (Fsp3) is 0.500. The summed E-state index contributed by atoms with van der Waals surface area (Å²) in [6.45, 7) is 0. The zero-order valence-corrected chi connectivity index (χ0v) is 7.25. The molecule has 1 fully saturated rings. The maximum absolute atomic E-state index is 10.5. The van der Waals surface area contributed by atoms with E-state index in [2.05, 4.69) is 4.98 Å². The predicted molar refractivity (Wildman–Crippen MR) is 45.2 cm³/mol. The summed E-state index contributed by atoms with van der Waals surface area (Å²) in [6.07, 6.45) is 3.42. The predicted octanol–water partition coefficient (Wildman–Crippen LogP) is 1.72. The van der Waals surface area contributed by atoms with Gasteiger partial charge in [-0.3, -0.25) is 9.78 Å². The van der Waals surface area contributed by atoms with E-state index in [1.54, 1.807) is 16.8 Å². The van der Waals surface area contributed by atoms with E-state index in [1.807, 2.05) is 6.20 Å². The monoisotopic (exact) mass is 183 g/mol. The quantitative estimate of drug-likeness (QED) is 0.759.